The van der Waals surface area contributed by atoms with Crippen molar-refractivity contribution < 1.29 is 5.11 Å². The number of aromatic nitrogens is 2. The van der Waals surface area contributed by atoms with Crippen molar-refractivity contribution in [2.24, 2.45) is 0 Å². The average molecular weight is 223 g/mol. The molecule has 0 saturated heterocycles. The third-order valence-corrected chi connectivity index (χ3v) is 2.44. The van der Waals surface area contributed by atoms with E-state index in [2.05, 4.69) is 9.97 Å². The largest absolute Gasteiger partial charge is 0.396 e. The zero-order valence-electron chi connectivity index (χ0n) is 8.07. The highest BCUT2D eigenvalue weighted by molar-refractivity contribution is 6.30. The zero-order chi connectivity index (χ0) is 10.7. The maximum Gasteiger partial charge on any atom is 0.137 e. The van der Waals surface area contributed by atoms with E-state index in [4.69, 9.17) is 16.7 Å². The van der Waals surface area contributed by atoms with E-state index in [0.29, 0.717) is 11.4 Å². The Labute approximate surface area is 92.7 Å². The minimum atomic E-state index is 0.120. The molecule has 3 nitrogen and oxygen atoms in total. The van der Waals surface area contributed by atoms with E-state index in [1.165, 1.54) is 0 Å². The van der Waals surface area contributed by atoms with Crippen LogP contribution < -0.4 is 0 Å². The molecule has 2 aromatic rings. The molecule has 0 unspecified atom stereocenters. The number of imidazole rings is 1. The highest BCUT2D eigenvalue weighted by atomic mass is 35.5. The molecule has 0 aliphatic heterocycles. The van der Waals surface area contributed by atoms with Crippen LogP contribution in [0.25, 0.3) is 11.4 Å². The topological polar surface area (TPSA) is 48.9 Å². The van der Waals surface area contributed by atoms with Crippen molar-refractivity contribution in [1.82, 2.24) is 9.97 Å². The third-order valence-electron chi connectivity index (χ3n) is 2.21. The van der Waals surface area contributed by atoms with Gasteiger partial charge in [0.05, 0.1) is 0 Å². The van der Waals surface area contributed by atoms with Crippen molar-refractivity contribution in [3.05, 3.63) is 41.2 Å². The van der Waals surface area contributed by atoms with Crippen LogP contribution in [0.3, 0.4) is 0 Å². The van der Waals surface area contributed by atoms with E-state index in [-0.39, 0.29) is 6.61 Å². The molecule has 0 spiro atoms. The van der Waals surface area contributed by atoms with Gasteiger partial charge in [-0.15, -0.1) is 0 Å². The minimum absolute atomic E-state index is 0.120. The predicted octanol–water partition coefficient (Wildman–Crippen LogP) is 2.26. The molecule has 0 aliphatic carbocycles. The van der Waals surface area contributed by atoms with Gasteiger partial charge in [0.15, 0.2) is 0 Å². The molecule has 4 heteroatoms. The summed E-state index contributed by atoms with van der Waals surface area (Å²) in [6.45, 7) is 0.120. The third kappa shape index (κ3) is 2.19. The normalized spacial score (nSPS) is 10.5. The van der Waals surface area contributed by atoms with Gasteiger partial charge in [0.1, 0.15) is 5.82 Å². The quantitative estimate of drug-likeness (QED) is 0.837. The number of rotatable bonds is 3. The van der Waals surface area contributed by atoms with Gasteiger partial charge in [-0.25, -0.2) is 4.98 Å². The Kier molecular flexibility index (Phi) is 3.04. The van der Waals surface area contributed by atoms with Gasteiger partial charge >= 0.3 is 0 Å². The van der Waals surface area contributed by atoms with Gasteiger partial charge in [0, 0.05) is 29.6 Å². The monoisotopic (exact) mass is 222 g/mol. The summed E-state index contributed by atoms with van der Waals surface area (Å²) < 4.78 is 0. The average Bonchev–Trinajstić information content (AvgIpc) is 2.74. The standard InChI is InChI=1S/C11H11ClN2O/c12-9-2-1-8(3-6-15)10(7-9)11-13-4-5-14-11/h1-2,4-5,7,15H,3,6H2,(H,13,14). The summed E-state index contributed by atoms with van der Waals surface area (Å²) in [5.41, 5.74) is 1.98. The van der Waals surface area contributed by atoms with Crippen LogP contribution in [0.4, 0.5) is 0 Å². The second kappa shape index (κ2) is 4.47. The lowest BCUT2D eigenvalue weighted by Gasteiger charge is -2.06. The van der Waals surface area contributed by atoms with E-state index in [1.54, 1.807) is 12.4 Å². The van der Waals surface area contributed by atoms with Gasteiger partial charge in [0.2, 0.25) is 0 Å². The number of H-pyrrole nitrogens is 1. The first-order valence-corrected chi connectivity index (χ1v) is 5.08. The molecule has 0 saturated carbocycles. The lowest BCUT2D eigenvalue weighted by atomic mass is 10.0. The first kappa shape index (κ1) is 10.2. The van der Waals surface area contributed by atoms with Crippen LogP contribution in [0.2, 0.25) is 5.02 Å². The van der Waals surface area contributed by atoms with Crippen molar-refractivity contribution in [1.29, 1.82) is 0 Å². The SMILES string of the molecule is OCCc1ccc(Cl)cc1-c1ncc[nH]1. The number of nitrogens with one attached hydrogen (secondary N) is 1. The first-order chi connectivity index (χ1) is 7.31. The lowest BCUT2D eigenvalue weighted by Crippen LogP contribution is -1.95. The summed E-state index contributed by atoms with van der Waals surface area (Å²) in [6.07, 6.45) is 4.06. The fraction of sp³-hybridized carbons (Fsp3) is 0.182. The molecule has 2 rings (SSSR count). The zero-order valence-corrected chi connectivity index (χ0v) is 8.83. The van der Waals surface area contributed by atoms with E-state index < -0.39 is 0 Å². The minimum Gasteiger partial charge on any atom is -0.396 e. The highest BCUT2D eigenvalue weighted by Gasteiger charge is 2.07. The van der Waals surface area contributed by atoms with Crippen molar-refractivity contribution in [3.63, 3.8) is 0 Å². The van der Waals surface area contributed by atoms with Crippen molar-refractivity contribution in [2.75, 3.05) is 6.61 Å². The smallest absolute Gasteiger partial charge is 0.137 e. The number of nitrogens with zero attached hydrogens (tertiary/aromatic N) is 1. The Morgan fingerprint density at radius 1 is 1.40 bits per heavy atom. The van der Waals surface area contributed by atoms with Crippen LogP contribution in [0, 0.1) is 0 Å². The van der Waals surface area contributed by atoms with Crippen LogP contribution in [-0.4, -0.2) is 21.7 Å². The Morgan fingerprint density at radius 3 is 2.93 bits per heavy atom. The first-order valence-electron chi connectivity index (χ1n) is 4.70. The lowest BCUT2D eigenvalue weighted by molar-refractivity contribution is 0.300. The van der Waals surface area contributed by atoms with Crippen LogP contribution in [0.5, 0.6) is 0 Å². The number of aliphatic hydroxyl groups is 1. The number of hydrogen-bond acceptors (Lipinski definition) is 2. The summed E-state index contributed by atoms with van der Waals surface area (Å²) in [5.74, 6) is 0.779. The summed E-state index contributed by atoms with van der Waals surface area (Å²) in [4.78, 5) is 7.20. The summed E-state index contributed by atoms with van der Waals surface area (Å²) in [5, 5.41) is 9.62. The Bertz CT molecular complexity index is 440. The van der Waals surface area contributed by atoms with Gasteiger partial charge < -0.3 is 10.1 Å². The molecule has 0 amide bonds. The fourth-order valence-corrected chi connectivity index (χ4v) is 1.69. The summed E-state index contributed by atoms with van der Waals surface area (Å²) in [7, 11) is 0. The number of aromatic amines is 1. The second-order valence-corrected chi connectivity index (χ2v) is 3.65. The van der Waals surface area contributed by atoms with Crippen molar-refractivity contribution in [3.8, 4) is 11.4 Å². The molecule has 78 valence electrons. The molecular formula is C11H11ClN2O. The molecule has 0 radical (unpaired) electrons. The number of halogens is 1. The maximum atomic E-state index is 8.95. The predicted molar refractivity (Wildman–Crippen MR) is 59.8 cm³/mol. The van der Waals surface area contributed by atoms with Crippen LogP contribution in [0.15, 0.2) is 30.6 Å². The van der Waals surface area contributed by atoms with E-state index in [9.17, 15) is 0 Å². The summed E-state index contributed by atoms with van der Waals surface area (Å²) in [6, 6.07) is 5.58. The molecule has 0 bridgehead atoms. The van der Waals surface area contributed by atoms with Crippen molar-refractivity contribution >= 4 is 11.6 Å². The van der Waals surface area contributed by atoms with Gasteiger partial charge in [-0.2, -0.15) is 0 Å². The molecule has 0 atom stereocenters. The number of benzene rings is 1. The Balaban J connectivity index is 2.47. The molecule has 1 aromatic carbocycles. The molecule has 0 fully saturated rings. The van der Waals surface area contributed by atoms with Crippen LogP contribution >= 0.6 is 11.6 Å². The van der Waals surface area contributed by atoms with Gasteiger partial charge in [-0.3, -0.25) is 0 Å². The van der Waals surface area contributed by atoms with Gasteiger partial charge in [0.25, 0.3) is 0 Å². The summed E-state index contributed by atoms with van der Waals surface area (Å²) >= 11 is 5.93. The highest BCUT2D eigenvalue weighted by Crippen LogP contribution is 2.24. The molecule has 2 N–H and O–H groups in total. The molecular weight excluding hydrogens is 212 g/mol. The van der Waals surface area contributed by atoms with E-state index >= 15 is 0 Å². The molecule has 1 heterocycles. The van der Waals surface area contributed by atoms with Crippen LogP contribution in [0.1, 0.15) is 5.56 Å². The van der Waals surface area contributed by atoms with E-state index in [0.717, 1.165) is 17.0 Å². The van der Waals surface area contributed by atoms with Gasteiger partial charge in [-0.05, 0) is 24.1 Å². The van der Waals surface area contributed by atoms with Crippen LogP contribution in [-0.2, 0) is 6.42 Å². The van der Waals surface area contributed by atoms with E-state index in [1.807, 2.05) is 18.2 Å². The number of aliphatic hydroxyl groups excluding tert-OH is 1. The second-order valence-electron chi connectivity index (χ2n) is 3.21. The molecule has 0 aliphatic rings. The maximum absolute atomic E-state index is 8.95. The Morgan fingerprint density at radius 2 is 2.27 bits per heavy atom. The molecule has 1 aromatic heterocycles. The number of hydrogen-bond donors (Lipinski definition) is 2. The fourth-order valence-electron chi connectivity index (χ4n) is 1.52. The van der Waals surface area contributed by atoms with Gasteiger partial charge in [-0.1, -0.05) is 17.7 Å². The molecule has 15 heavy (non-hydrogen) atoms. The van der Waals surface area contributed by atoms with Crippen molar-refractivity contribution in [2.45, 2.75) is 6.42 Å². The Hall–Kier alpha value is -1.32.